The summed E-state index contributed by atoms with van der Waals surface area (Å²) in [5, 5.41) is 3.51. The van der Waals surface area contributed by atoms with Gasteiger partial charge < -0.3 is 15.0 Å². The van der Waals surface area contributed by atoms with Gasteiger partial charge in [0.15, 0.2) is 0 Å². The van der Waals surface area contributed by atoms with Gasteiger partial charge in [0.05, 0.1) is 0 Å². The van der Waals surface area contributed by atoms with Crippen LogP contribution in [0.3, 0.4) is 0 Å². The highest BCUT2D eigenvalue weighted by Crippen LogP contribution is 2.08. The molecule has 0 aromatic carbocycles. The molecule has 0 bridgehead atoms. The molecule has 0 saturated heterocycles. The number of likely N-dealkylation sites (N-methyl/N-ethyl adjacent to an activating group) is 1. The van der Waals surface area contributed by atoms with Crippen molar-refractivity contribution in [1.29, 1.82) is 0 Å². The van der Waals surface area contributed by atoms with E-state index in [2.05, 4.69) is 38.0 Å². The van der Waals surface area contributed by atoms with Crippen molar-refractivity contribution in [3.8, 4) is 0 Å². The topological polar surface area (TPSA) is 24.5 Å². The van der Waals surface area contributed by atoms with E-state index in [1.165, 1.54) is 6.42 Å². The Morgan fingerprint density at radius 1 is 1.31 bits per heavy atom. The quantitative estimate of drug-likeness (QED) is 0.581. The molecule has 16 heavy (non-hydrogen) atoms. The lowest BCUT2D eigenvalue weighted by atomic mass is 10.0. The summed E-state index contributed by atoms with van der Waals surface area (Å²) in [5.74, 6) is 0.692. The van der Waals surface area contributed by atoms with E-state index in [4.69, 9.17) is 4.74 Å². The van der Waals surface area contributed by atoms with E-state index in [0.717, 1.165) is 32.7 Å². The van der Waals surface area contributed by atoms with E-state index in [1.807, 2.05) is 0 Å². The third kappa shape index (κ3) is 7.20. The fourth-order valence-electron chi connectivity index (χ4n) is 1.95. The number of methoxy groups -OCH3 is 1. The maximum absolute atomic E-state index is 5.09. The minimum atomic E-state index is 0.628. The molecule has 0 aromatic rings. The molecule has 0 amide bonds. The normalized spacial score (nSPS) is 13.7. The molecule has 3 heteroatoms. The van der Waals surface area contributed by atoms with Crippen LogP contribution in [0.2, 0.25) is 0 Å². The van der Waals surface area contributed by atoms with Crippen LogP contribution in [0.5, 0.6) is 0 Å². The van der Waals surface area contributed by atoms with Gasteiger partial charge in [-0.25, -0.2) is 0 Å². The molecule has 1 unspecified atom stereocenters. The summed E-state index contributed by atoms with van der Waals surface area (Å²) in [7, 11) is 3.98. The summed E-state index contributed by atoms with van der Waals surface area (Å²) in [6.45, 7) is 11.0. The minimum absolute atomic E-state index is 0.628. The Labute approximate surface area is 102 Å². The zero-order valence-electron chi connectivity index (χ0n) is 11.8. The lowest BCUT2D eigenvalue weighted by Gasteiger charge is -2.31. The highest BCUT2D eigenvalue weighted by atomic mass is 16.5. The molecule has 0 aliphatic heterocycles. The Morgan fingerprint density at radius 3 is 2.50 bits per heavy atom. The SMILES string of the molecule is CCCNCC(C(C)C)N(C)CCCOC. The first-order valence-corrected chi connectivity index (χ1v) is 6.53. The molecule has 0 rings (SSSR count). The van der Waals surface area contributed by atoms with Gasteiger partial charge in [0.25, 0.3) is 0 Å². The summed E-state index contributed by atoms with van der Waals surface area (Å²) in [6.07, 6.45) is 2.32. The van der Waals surface area contributed by atoms with Crippen LogP contribution in [0.25, 0.3) is 0 Å². The van der Waals surface area contributed by atoms with Crippen LogP contribution in [0.4, 0.5) is 0 Å². The smallest absolute Gasteiger partial charge is 0.0474 e. The second-order valence-electron chi connectivity index (χ2n) is 4.84. The van der Waals surface area contributed by atoms with Gasteiger partial charge in [-0.2, -0.15) is 0 Å². The van der Waals surface area contributed by atoms with Crippen molar-refractivity contribution in [2.75, 3.05) is 40.4 Å². The van der Waals surface area contributed by atoms with Gasteiger partial charge >= 0.3 is 0 Å². The summed E-state index contributed by atoms with van der Waals surface area (Å²) < 4.78 is 5.09. The van der Waals surface area contributed by atoms with Gasteiger partial charge in [-0.3, -0.25) is 0 Å². The van der Waals surface area contributed by atoms with Crippen LogP contribution in [0.1, 0.15) is 33.6 Å². The van der Waals surface area contributed by atoms with Gasteiger partial charge in [-0.15, -0.1) is 0 Å². The fraction of sp³-hybridized carbons (Fsp3) is 1.00. The Balaban J connectivity index is 3.88. The van der Waals surface area contributed by atoms with Crippen LogP contribution >= 0.6 is 0 Å². The van der Waals surface area contributed by atoms with Gasteiger partial charge in [0.2, 0.25) is 0 Å². The standard InChI is InChI=1S/C13H30N2O/c1-6-8-14-11-13(12(2)3)15(4)9-7-10-16-5/h12-14H,6-11H2,1-5H3. The molecule has 1 N–H and O–H groups in total. The molecule has 0 fully saturated rings. The van der Waals surface area contributed by atoms with Crippen molar-refractivity contribution in [1.82, 2.24) is 10.2 Å². The summed E-state index contributed by atoms with van der Waals surface area (Å²) >= 11 is 0. The lowest BCUT2D eigenvalue weighted by Crippen LogP contribution is -2.44. The Bertz CT molecular complexity index is 151. The maximum atomic E-state index is 5.09. The van der Waals surface area contributed by atoms with Gasteiger partial charge in [-0.05, 0) is 32.4 Å². The molecule has 0 spiro atoms. The van der Waals surface area contributed by atoms with Crippen LogP contribution in [0, 0.1) is 5.92 Å². The van der Waals surface area contributed by atoms with Crippen LogP contribution in [0.15, 0.2) is 0 Å². The van der Waals surface area contributed by atoms with Crippen molar-refractivity contribution < 1.29 is 4.74 Å². The van der Waals surface area contributed by atoms with E-state index in [9.17, 15) is 0 Å². The Morgan fingerprint density at radius 2 is 2.00 bits per heavy atom. The Hall–Kier alpha value is -0.120. The molecule has 0 aromatic heterocycles. The van der Waals surface area contributed by atoms with Crippen molar-refractivity contribution in [3.63, 3.8) is 0 Å². The van der Waals surface area contributed by atoms with E-state index in [0.29, 0.717) is 12.0 Å². The fourth-order valence-corrected chi connectivity index (χ4v) is 1.95. The zero-order chi connectivity index (χ0) is 12.4. The third-order valence-electron chi connectivity index (χ3n) is 2.98. The van der Waals surface area contributed by atoms with Crippen molar-refractivity contribution in [3.05, 3.63) is 0 Å². The average molecular weight is 230 g/mol. The zero-order valence-corrected chi connectivity index (χ0v) is 11.8. The van der Waals surface area contributed by atoms with Crippen molar-refractivity contribution in [2.45, 2.75) is 39.7 Å². The Kier molecular flexibility index (Phi) is 9.99. The molecule has 0 radical (unpaired) electrons. The molecule has 0 aliphatic rings. The number of rotatable bonds is 10. The molecule has 1 atom stereocenters. The van der Waals surface area contributed by atoms with E-state index in [-0.39, 0.29) is 0 Å². The maximum Gasteiger partial charge on any atom is 0.0474 e. The van der Waals surface area contributed by atoms with Crippen molar-refractivity contribution in [2.24, 2.45) is 5.92 Å². The third-order valence-corrected chi connectivity index (χ3v) is 2.98. The average Bonchev–Trinajstić information content (AvgIpc) is 2.24. The minimum Gasteiger partial charge on any atom is -0.385 e. The molecule has 0 heterocycles. The van der Waals surface area contributed by atoms with E-state index in [1.54, 1.807) is 7.11 Å². The van der Waals surface area contributed by atoms with E-state index < -0.39 is 0 Å². The largest absolute Gasteiger partial charge is 0.385 e. The first kappa shape index (κ1) is 15.9. The highest BCUT2D eigenvalue weighted by molar-refractivity contribution is 4.74. The summed E-state index contributed by atoms with van der Waals surface area (Å²) in [4.78, 5) is 2.45. The second-order valence-corrected chi connectivity index (χ2v) is 4.84. The first-order valence-electron chi connectivity index (χ1n) is 6.53. The lowest BCUT2D eigenvalue weighted by molar-refractivity contribution is 0.147. The molecule has 0 saturated carbocycles. The molecule has 98 valence electrons. The highest BCUT2D eigenvalue weighted by Gasteiger charge is 2.17. The summed E-state index contributed by atoms with van der Waals surface area (Å²) in [6, 6.07) is 0.628. The van der Waals surface area contributed by atoms with Gasteiger partial charge in [0, 0.05) is 32.8 Å². The molecule has 0 aliphatic carbocycles. The van der Waals surface area contributed by atoms with Crippen LogP contribution in [-0.4, -0.2) is 51.3 Å². The number of nitrogens with zero attached hydrogens (tertiary/aromatic N) is 1. The second kappa shape index (κ2) is 10.1. The van der Waals surface area contributed by atoms with Gasteiger partial charge in [-0.1, -0.05) is 20.8 Å². The molecular formula is C13H30N2O. The summed E-state index contributed by atoms with van der Waals surface area (Å²) in [5.41, 5.74) is 0. The molecular weight excluding hydrogens is 200 g/mol. The van der Waals surface area contributed by atoms with E-state index >= 15 is 0 Å². The van der Waals surface area contributed by atoms with Gasteiger partial charge in [0.1, 0.15) is 0 Å². The molecule has 3 nitrogen and oxygen atoms in total. The predicted octanol–water partition coefficient (Wildman–Crippen LogP) is 1.98. The first-order chi connectivity index (χ1) is 7.63. The van der Waals surface area contributed by atoms with Crippen LogP contribution < -0.4 is 5.32 Å². The van der Waals surface area contributed by atoms with Crippen molar-refractivity contribution >= 4 is 0 Å². The number of nitrogens with one attached hydrogen (secondary N) is 1. The number of hydrogen-bond acceptors (Lipinski definition) is 3. The number of ether oxygens (including phenoxy) is 1. The predicted molar refractivity (Wildman–Crippen MR) is 70.9 cm³/mol. The monoisotopic (exact) mass is 230 g/mol. The number of hydrogen-bond donors (Lipinski definition) is 1. The van der Waals surface area contributed by atoms with Crippen LogP contribution in [-0.2, 0) is 4.74 Å².